The Morgan fingerprint density at radius 1 is 0.921 bits per heavy atom. The number of nitrogens with one attached hydrogen (secondary N) is 1. The van der Waals surface area contributed by atoms with Crippen LogP contribution in [0.2, 0.25) is 0 Å². The van der Waals surface area contributed by atoms with Crippen LogP contribution < -0.4 is 5.32 Å². The number of fused-ring (bicyclic) bond motifs is 7. The molecule has 5 aliphatic rings. The number of halogens is 3. The number of carbonyl (C=O) groups excluding carboxylic acids is 3. The van der Waals surface area contributed by atoms with Crippen molar-refractivity contribution in [1.82, 2.24) is 5.32 Å². The number of carbonyl (C=O) groups is 3. The first kappa shape index (κ1) is 28.1. The SMILES string of the molecule is C[C@H]1CC[C@]2(C(=O)NCC(F)(F)F)CC[C@]3(C)[C@H](C(=O)C[C@@H]4[C@@]5(C)CCC(=O)C(C)(C)[C@@H]5CC[C@]43C)[C@@H]2C1. The number of amides is 1. The molecule has 38 heavy (non-hydrogen) atoms. The smallest absolute Gasteiger partial charge is 0.346 e. The normalized spacial score (nSPS) is 48.3. The molecule has 5 fully saturated rings. The van der Waals surface area contributed by atoms with E-state index >= 15 is 0 Å². The summed E-state index contributed by atoms with van der Waals surface area (Å²) in [6.45, 7) is 12.0. The van der Waals surface area contributed by atoms with Gasteiger partial charge in [0.15, 0.2) is 0 Å². The second kappa shape index (κ2) is 8.55. The van der Waals surface area contributed by atoms with Gasteiger partial charge in [-0.25, -0.2) is 0 Å². The van der Waals surface area contributed by atoms with E-state index in [0.29, 0.717) is 50.2 Å². The molecule has 0 aromatic rings. The van der Waals surface area contributed by atoms with Crippen molar-refractivity contribution in [2.45, 2.75) is 112 Å². The Balaban J connectivity index is 1.53. The standard InChI is InChI=1S/C31H46F3NO3/c1-18-7-12-30(25(38)35-17-31(32,33)34)14-13-29(6)24(19(30)15-18)20(36)16-22-27(4)10-9-23(37)26(2,3)21(27)8-11-28(22,29)5/h18-19,21-22,24H,7-17H2,1-6H3,(H,35,38)/t18-,19-,21-,22+,24-,27-,28+,29+,30-/m0/s1. The molecule has 5 aliphatic carbocycles. The summed E-state index contributed by atoms with van der Waals surface area (Å²) in [5.74, 6) is 0.250. The lowest BCUT2D eigenvalue weighted by molar-refractivity contribution is -0.231. The van der Waals surface area contributed by atoms with Crippen LogP contribution >= 0.6 is 0 Å². The van der Waals surface area contributed by atoms with Crippen molar-refractivity contribution >= 4 is 17.5 Å². The number of hydrogen-bond acceptors (Lipinski definition) is 3. The molecule has 0 aromatic heterocycles. The van der Waals surface area contributed by atoms with Gasteiger partial charge in [0.25, 0.3) is 0 Å². The van der Waals surface area contributed by atoms with Gasteiger partial charge in [-0.15, -0.1) is 0 Å². The van der Waals surface area contributed by atoms with Gasteiger partial charge < -0.3 is 5.32 Å². The Hall–Kier alpha value is -1.40. The fourth-order valence-electron chi connectivity index (χ4n) is 11.1. The molecule has 214 valence electrons. The molecule has 0 unspecified atom stereocenters. The summed E-state index contributed by atoms with van der Waals surface area (Å²) in [6, 6.07) is 0. The zero-order chi connectivity index (χ0) is 28.1. The maximum absolute atomic E-state index is 14.3. The van der Waals surface area contributed by atoms with Crippen LogP contribution in [0.15, 0.2) is 0 Å². The molecule has 0 saturated heterocycles. The highest BCUT2D eigenvalue weighted by Crippen LogP contribution is 2.75. The van der Waals surface area contributed by atoms with Gasteiger partial charge in [0.1, 0.15) is 18.1 Å². The Bertz CT molecular complexity index is 1040. The summed E-state index contributed by atoms with van der Waals surface area (Å²) in [7, 11) is 0. The Kier molecular flexibility index (Phi) is 6.33. The fourth-order valence-corrected chi connectivity index (χ4v) is 11.1. The third-order valence-corrected chi connectivity index (χ3v) is 13.4. The largest absolute Gasteiger partial charge is 0.405 e. The first-order valence-corrected chi connectivity index (χ1v) is 14.8. The average molecular weight is 538 g/mol. The summed E-state index contributed by atoms with van der Waals surface area (Å²) in [6.07, 6.45) is 2.58. The molecule has 1 N–H and O–H groups in total. The van der Waals surface area contributed by atoms with Crippen LogP contribution in [0.4, 0.5) is 13.2 Å². The van der Waals surface area contributed by atoms with Crippen LogP contribution in [0, 0.1) is 56.7 Å². The number of Topliss-reactive ketones (excluding diaryl/α,β-unsaturated/α-hetero) is 2. The van der Waals surface area contributed by atoms with Gasteiger partial charge in [0, 0.05) is 24.2 Å². The van der Waals surface area contributed by atoms with Gasteiger partial charge in [-0.3, -0.25) is 14.4 Å². The highest BCUT2D eigenvalue weighted by Gasteiger charge is 2.72. The number of rotatable bonds is 2. The average Bonchev–Trinajstić information content (AvgIpc) is 2.81. The van der Waals surface area contributed by atoms with Crippen molar-refractivity contribution in [3.8, 4) is 0 Å². The van der Waals surface area contributed by atoms with Crippen LogP contribution in [0.1, 0.15) is 106 Å². The van der Waals surface area contributed by atoms with Crippen molar-refractivity contribution in [3.05, 3.63) is 0 Å². The lowest BCUT2D eigenvalue weighted by Crippen LogP contribution is -2.69. The molecular weight excluding hydrogens is 491 g/mol. The van der Waals surface area contributed by atoms with Crippen molar-refractivity contribution in [1.29, 1.82) is 0 Å². The quantitative estimate of drug-likeness (QED) is 0.417. The van der Waals surface area contributed by atoms with Crippen molar-refractivity contribution < 1.29 is 27.6 Å². The summed E-state index contributed by atoms with van der Waals surface area (Å²) in [5, 5.41) is 2.24. The minimum atomic E-state index is -4.46. The molecule has 1 amide bonds. The highest BCUT2D eigenvalue weighted by molar-refractivity contribution is 5.89. The molecule has 0 bridgehead atoms. The molecule has 5 rings (SSSR count). The van der Waals surface area contributed by atoms with Crippen LogP contribution in [0.25, 0.3) is 0 Å². The highest BCUT2D eigenvalue weighted by atomic mass is 19.4. The molecule has 0 heterocycles. The number of ketones is 2. The molecular formula is C31H46F3NO3. The second-order valence-corrected chi connectivity index (χ2v) is 15.2. The lowest BCUT2D eigenvalue weighted by Gasteiger charge is -2.72. The van der Waals surface area contributed by atoms with Crippen LogP contribution in [-0.2, 0) is 14.4 Å². The van der Waals surface area contributed by atoms with E-state index in [1.807, 2.05) is 0 Å². The van der Waals surface area contributed by atoms with E-state index in [0.717, 1.165) is 25.7 Å². The van der Waals surface area contributed by atoms with Crippen LogP contribution in [0.3, 0.4) is 0 Å². The van der Waals surface area contributed by atoms with Crippen molar-refractivity contribution in [3.63, 3.8) is 0 Å². The Morgan fingerprint density at radius 3 is 2.26 bits per heavy atom. The van der Waals surface area contributed by atoms with Gasteiger partial charge in [0.05, 0.1) is 5.41 Å². The van der Waals surface area contributed by atoms with Crippen molar-refractivity contribution in [2.75, 3.05) is 6.54 Å². The Labute approximate surface area is 225 Å². The first-order chi connectivity index (χ1) is 17.4. The molecule has 7 heteroatoms. The second-order valence-electron chi connectivity index (χ2n) is 15.2. The van der Waals surface area contributed by atoms with E-state index in [-0.39, 0.29) is 45.7 Å². The maximum Gasteiger partial charge on any atom is 0.405 e. The van der Waals surface area contributed by atoms with Gasteiger partial charge in [-0.05, 0) is 91.3 Å². The number of alkyl halides is 3. The molecule has 5 saturated carbocycles. The predicted octanol–water partition coefficient (Wildman–Crippen LogP) is 6.90. The van der Waals surface area contributed by atoms with E-state index in [2.05, 4.69) is 46.9 Å². The summed E-state index contributed by atoms with van der Waals surface area (Å²) < 4.78 is 39.2. The summed E-state index contributed by atoms with van der Waals surface area (Å²) >= 11 is 0. The van der Waals surface area contributed by atoms with Crippen LogP contribution in [0.5, 0.6) is 0 Å². The molecule has 0 radical (unpaired) electrons. The van der Waals surface area contributed by atoms with Gasteiger partial charge in [0.2, 0.25) is 5.91 Å². The Morgan fingerprint density at radius 2 is 1.61 bits per heavy atom. The third kappa shape index (κ3) is 3.71. The predicted molar refractivity (Wildman–Crippen MR) is 139 cm³/mol. The summed E-state index contributed by atoms with van der Waals surface area (Å²) in [4.78, 5) is 40.8. The lowest BCUT2D eigenvalue weighted by atomic mass is 9.31. The van der Waals surface area contributed by atoms with Gasteiger partial charge in [-0.2, -0.15) is 13.2 Å². The molecule has 9 atom stereocenters. The van der Waals surface area contributed by atoms with E-state index < -0.39 is 29.5 Å². The third-order valence-electron chi connectivity index (χ3n) is 13.4. The molecule has 4 nitrogen and oxygen atoms in total. The molecule has 0 aromatic carbocycles. The van der Waals surface area contributed by atoms with Gasteiger partial charge >= 0.3 is 6.18 Å². The van der Waals surface area contributed by atoms with E-state index in [9.17, 15) is 27.6 Å². The summed E-state index contributed by atoms with van der Waals surface area (Å²) in [5.41, 5.74) is -1.84. The maximum atomic E-state index is 14.3. The minimum Gasteiger partial charge on any atom is -0.346 e. The van der Waals surface area contributed by atoms with Crippen LogP contribution in [-0.4, -0.2) is 30.2 Å². The topological polar surface area (TPSA) is 63.2 Å². The minimum absolute atomic E-state index is 0.105. The van der Waals surface area contributed by atoms with E-state index in [4.69, 9.17) is 0 Å². The fraction of sp³-hybridized carbons (Fsp3) is 0.903. The molecule has 0 spiro atoms. The monoisotopic (exact) mass is 537 g/mol. The number of hydrogen-bond donors (Lipinski definition) is 1. The van der Waals surface area contributed by atoms with Gasteiger partial charge in [-0.1, -0.05) is 41.5 Å². The first-order valence-electron chi connectivity index (χ1n) is 14.8. The zero-order valence-corrected chi connectivity index (χ0v) is 24.0. The zero-order valence-electron chi connectivity index (χ0n) is 24.0. The van der Waals surface area contributed by atoms with E-state index in [1.54, 1.807) is 0 Å². The van der Waals surface area contributed by atoms with E-state index in [1.165, 1.54) is 0 Å². The van der Waals surface area contributed by atoms with Crippen molar-refractivity contribution in [2.24, 2.45) is 56.7 Å². The molecule has 0 aliphatic heterocycles.